The normalized spacial score (nSPS) is 16.3. The Morgan fingerprint density at radius 3 is 2.68 bits per heavy atom. The zero-order valence-corrected chi connectivity index (χ0v) is 13.9. The summed E-state index contributed by atoms with van der Waals surface area (Å²) in [5.41, 5.74) is 0.572. The van der Waals surface area contributed by atoms with Gasteiger partial charge in [0.1, 0.15) is 5.75 Å². The number of hydrogen-bond donors (Lipinski definition) is 2. The molecule has 9 nitrogen and oxygen atoms in total. The van der Waals surface area contributed by atoms with Gasteiger partial charge >= 0.3 is 12.0 Å². The maximum Gasteiger partial charge on any atom is 0.321 e. The Kier molecular flexibility index (Phi) is 5.93. The van der Waals surface area contributed by atoms with Gasteiger partial charge in [-0.15, -0.1) is 0 Å². The van der Waals surface area contributed by atoms with E-state index in [4.69, 9.17) is 9.47 Å². The molecule has 4 amide bonds. The van der Waals surface area contributed by atoms with E-state index in [1.807, 2.05) is 5.32 Å². The van der Waals surface area contributed by atoms with Gasteiger partial charge in [-0.05, 0) is 12.1 Å². The highest BCUT2D eigenvalue weighted by atomic mass is 16.5. The van der Waals surface area contributed by atoms with Gasteiger partial charge in [-0.25, -0.2) is 4.79 Å². The fourth-order valence-electron chi connectivity index (χ4n) is 2.43. The van der Waals surface area contributed by atoms with Crippen LogP contribution in [0, 0.1) is 5.92 Å². The third kappa shape index (κ3) is 4.46. The zero-order chi connectivity index (χ0) is 18.4. The number of hydrogen-bond acceptors (Lipinski definition) is 6. The number of carbonyl (C=O) groups excluding carboxylic acids is 4. The summed E-state index contributed by atoms with van der Waals surface area (Å²) in [5, 5.41) is 4.18. The molecule has 1 fully saturated rings. The Hall–Kier alpha value is -3.10. The van der Waals surface area contributed by atoms with Crippen molar-refractivity contribution >= 4 is 29.5 Å². The Balaban J connectivity index is 1.94. The molecular weight excluding hydrogens is 330 g/mol. The number of urea groups is 1. The smallest absolute Gasteiger partial charge is 0.321 e. The molecule has 1 heterocycles. The molecule has 0 aliphatic carbocycles. The molecule has 2 rings (SSSR count). The largest absolute Gasteiger partial charge is 0.495 e. The van der Waals surface area contributed by atoms with Crippen LogP contribution in [-0.4, -0.2) is 51.1 Å². The molecule has 1 aliphatic rings. The minimum Gasteiger partial charge on any atom is -0.495 e. The van der Waals surface area contributed by atoms with Crippen LogP contribution in [0.15, 0.2) is 24.3 Å². The summed E-state index contributed by atoms with van der Waals surface area (Å²) in [5.74, 6) is -1.82. The lowest BCUT2D eigenvalue weighted by Crippen LogP contribution is -2.40. The van der Waals surface area contributed by atoms with Crippen LogP contribution in [0.1, 0.15) is 6.42 Å². The summed E-state index contributed by atoms with van der Waals surface area (Å²) in [4.78, 5) is 48.1. The Morgan fingerprint density at radius 1 is 1.28 bits per heavy atom. The highest BCUT2D eigenvalue weighted by molar-refractivity contribution is 6.01. The van der Waals surface area contributed by atoms with E-state index in [1.165, 1.54) is 19.1 Å². The van der Waals surface area contributed by atoms with Gasteiger partial charge in [0, 0.05) is 20.0 Å². The summed E-state index contributed by atoms with van der Waals surface area (Å²) in [6, 6.07) is 6.29. The third-order valence-electron chi connectivity index (χ3n) is 3.66. The van der Waals surface area contributed by atoms with Crippen LogP contribution < -0.4 is 20.3 Å². The molecule has 0 spiro atoms. The molecule has 1 aromatic carbocycles. The van der Waals surface area contributed by atoms with Gasteiger partial charge in [0.2, 0.25) is 5.91 Å². The number of methoxy groups -OCH3 is 1. The first-order chi connectivity index (χ1) is 12.0. The van der Waals surface area contributed by atoms with Gasteiger partial charge in [0.15, 0.2) is 6.61 Å². The topological polar surface area (TPSA) is 114 Å². The molecule has 1 aromatic rings. The quantitative estimate of drug-likeness (QED) is 0.726. The van der Waals surface area contributed by atoms with E-state index in [0.29, 0.717) is 11.4 Å². The standard InChI is InChI=1S/C16H19N3O6/c1-17-16(23)18-13(20)9-25-15(22)10-7-14(21)19(8-10)11-5-3-4-6-12(11)24-2/h3-6,10H,7-9H2,1-2H3,(H2,17,18,20,23)/t10-/m1/s1. The number of esters is 1. The summed E-state index contributed by atoms with van der Waals surface area (Å²) in [6.07, 6.45) is -0.0199. The predicted molar refractivity (Wildman–Crippen MR) is 87.0 cm³/mol. The molecule has 0 aromatic heterocycles. The molecule has 1 aliphatic heterocycles. The first-order valence-electron chi connectivity index (χ1n) is 7.57. The van der Waals surface area contributed by atoms with Crippen LogP contribution in [0.5, 0.6) is 5.75 Å². The van der Waals surface area contributed by atoms with Crippen LogP contribution >= 0.6 is 0 Å². The maximum absolute atomic E-state index is 12.2. The first kappa shape index (κ1) is 18.2. The number of nitrogens with zero attached hydrogens (tertiary/aromatic N) is 1. The minimum absolute atomic E-state index is 0.0199. The molecule has 0 saturated carbocycles. The molecule has 25 heavy (non-hydrogen) atoms. The predicted octanol–water partition coefficient (Wildman–Crippen LogP) is 0.0469. The van der Waals surface area contributed by atoms with Crippen LogP contribution in [0.25, 0.3) is 0 Å². The number of imide groups is 1. The molecule has 1 atom stereocenters. The number of carbonyl (C=O) groups is 4. The third-order valence-corrected chi connectivity index (χ3v) is 3.66. The first-order valence-corrected chi connectivity index (χ1v) is 7.57. The fourth-order valence-corrected chi connectivity index (χ4v) is 2.43. The highest BCUT2D eigenvalue weighted by Gasteiger charge is 2.37. The number of ether oxygens (including phenoxy) is 2. The van der Waals surface area contributed by atoms with Gasteiger partial charge in [-0.3, -0.25) is 19.7 Å². The molecule has 0 unspecified atom stereocenters. The van der Waals surface area contributed by atoms with Crippen molar-refractivity contribution in [3.05, 3.63) is 24.3 Å². The Labute approximate surface area is 144 Å². The molecule has 0 bridgehead atoms. The van der Waals surface area contributed by atoms with Gasteiger partial charge in [-0.1, -0.05) is 12.1 Å². The van der Waals surface area contributed by atoms with Crippen LogP contribution in [-0.2, 0) is 19.1 Å². The number of anilines is 1. The zero-order valence-electron chi connectivity index (χ0n) is 13.9. The molecule has 0 radical (unpaired) electrons. The second-order valence-corrected chi connectivity index (χ2v) is 5.31. The minimum atomic E-state index is -0.751. The van der Waals surface area contributed by atoms with Gasteiger partial charge in [0.05, 0.1) is 18.7 Å². The van der Waals surface area contributed by atoms with Crippen molar-refractivity contribution in [1.82, 2.24) is 10.6 Å². The summed E-state index contributed by atoms with van der Waals surface area (Å²) in [7, 11) is 2.85. The number of rotatable bonds is 5. The van der Waals surface area contributed by atoms with Crippen molar-refractivity contribution in [2.45, 2.75) is 6.42 Å². The number of nitrogens with one attached hydrogen (secondary N) is 2. The van der Waals surface area contributed by atoms with Crippen molar-refractivity contribution in [2.75, 3.05) is 32.2 Å². The molecule has 9 heteroatoms. The average Bonchev–Trinajstić information content (AvgIpc) is 3.01. The summed E-state index contributed by atoms with van der Waals surface area (Å²) >= 11 is 0. The number of amides is 4. The summed E-state index contributed by atoms with van der Waals surface area (Å²) in [6.45, 7) is -0.458. The fraction of sp³-hybridized carbons (Fsp3) is 0.375. The van der Waals surface area contributed by atoms with Crippen LogP contribution in [0.2, 0.25) is 0 Å². The van der Waals surface area contributed by atoms with Crippen molar-refractivity contribution in [3.8, 4) is 5.75 Å². The Bertz CT molecular complexity index is 690. The van der Waals surface area contributed by atoms with E-state index >= 15 is 0 Å². The molecule has 1 saturated heterocycles. The van der Waals surface area contributed by atoms with Gasteiger partial charge < -0.3 is 19.7 Å². The van der Waals surface area contributed by atoms with Gasteiger partial charge in [0.25, 0.3) is 5.91 Å². The van der Waals surface area contributed by atoms with E-state index in [0.717, 1.165) is 0 Å². The van der Waals surface area contributed by atoms with E-state index in [9.17, 15) is 19.2 Å². The number of para-hydroxylation sites is 2. The van der Waals surface area contributed by atoms with Crippen LogP contribution in [0.4, 0.5) is 10.5 Å². The van der Waals surface area contributed by atoms with Crippen LogP contribution in [0.3, 0.4) is 0 Å². The second-order valence-electron chi connectivity index (χ2n) is 5.31. The maximum atomic E-state index is 12.2. The molecule has 2 N–H and O–H groups in total. The average molecular weight is 349 g/mol. The second kappa shape index (κ2) is 8.13. The van der Waals surface area contributed by atoms with Crippen molar-refractivity contribution in [1.29, 1.82) is 0 Å². The monoisotopic (exact) mass is 349 g/mol. The lowest BCUT2D eigenvalue weighted by atomic mass is 10.1. The van der Waals surface area contributed by atoms with Crippen molar-refractivity contribution < 1.29 is 28.7 Å². The van der Waals surface area contributed by atoms with E-state index in [1.54, 1.807) is 24.3 Å². The van der Waals surface area contributed by atoms with Gasteiger partial charge in [-0.2, -0.15) is 0 Å². The van der Waals surface area contributed by atoms with Crippen molar-refractivity contribution in [3.63, 3.8) is 0 Å². The number of benzene rings is 1. The Morgan fingerprint density at radius 2 is 2.00 bits per heavy atom. The highest BCUT2D eigenvalue weighted by Crippen LogP contribution is 2.32. The van der Waals surface area contributed by atoms with E-state index in [-0.39, 0.29) is 18.9 Å². The summed E-state index contributed by atoms with van der Waals surface area (Å²) < 4.78 is 10.1. The lowest BCUT2D eigenvalue weighted by molar-refractivity contribution is -0.152. The lowest BCUT2D eigenvalue weighted by Gasteiger charge is -2.19. The SMILES string of the molecule is CNC(=O)NC(=O)COC(=O)[C@@H]1CC(=O)N(c2ccccc2OC)C1. The molecular formula is C16H19N3O6. The van der Waals surface area contributed by atoms with E-state index < -0.39 is 30.4 Å². The molecule has 134 valence electrons. The van der Waals surface area contributed by atoms with E-state index in [2.05, 4.69) is 5.32 Å². The van der Waals surface area contributed by atoms with Crippen molar-refractivity contribution in [2.24, 2.45) is 5.92 Å².